The second kappa shape index (κ2) is 7.98. The molecule has 4 rings (SSSR count). The van der Waals surface area contributed by atoms with Crippen molar-refractivity contribution in [3.63, 3.8) is 0 Å². The van der Waals surface area contributed by atoms with E-state index in [0.29, 0.717) is 17.7 Å². The van der Waals surface area contributed by atoms with Gasteiger partial charge in [-0.1, -0.05) is 25.1 Å². The van der Waals surface area contributed by atoms with Gasteiger partial charge in [0.05, 0.1) is 6.54 Å². The number of carbonyl (C=O) groups is 4. The van der Waals surface area contributed by atoms with Crippen LogP contribution in [0, 0.1) is 0 Å². The fourth-order valence-electron chi connectivity index (χ4n) is 4.14. The molecule has 160 valence electrons. The molecular weight excluding hydrogens is 394 g/mol. The van der Waals surface area contributed by atoms with Crippen molar-refractivity contribution in [1.29, 1.82) is 0 Å². The van der Waals surface area contributed by atoms with Crippen LogP contribution in [0.25, 0.3) is 0 Å². The van der Waals surface area contributed by atoms with E-state index >= 15 is 0 Å². The summed E-state index contributed by atoms with van der Waals surface area (Å²) in [6.07, 6.45) is 3.46. The molecule has 2 N–H and O–H groups in total. The fourth-order valence-corrected chi connectivity index (χ4v) is 4.14. The van der Waals surface area contributed by atoms with Crippen LogP contribution in [0.4, 0.5) is 10.5 Å². The molecule has 1 aliphatic heterocycles. The van der Waals surface area contributed by atoms with Crippen LogP contribution in [0.1, 0.15) is 53.7 Å². The van der Waals surface area contributed by atoms with Gasteiger partial charge in [0.25, 0.3) is 5.91 Å². The molecular formula is C24H25N3O4. The van der Waals surface area contributed by atoms with Crippen LogP contribution in [0.3, 0.4) is 0 Å². The van der Waals surface area contributed by atoms with E-state index in [4.69, 9.17) is 0 Å². The number of urea groups is 1. The quantitative estimate of drug-likeness (QED) is 0.555. The van der Waals surface area contributed by atoms with E-state index in [2.05, 4.69) is 10.6 Å². The summed E-state index contributed by atoms with van der Waals surface area (Å²) < 4.78 is 0. The number of imide groups is 1. The zero-order chi connectivity index (χ0) is 22.2. The number of fused-ring (bicyclic) bond motifs is 1. The molecule has 2 aromatic carbocycles. The average Bonchev–Trinajstić information content (AvgIpc) is 3.32. The van der Waals surface area contributed by atoms with E-state index < -0.39 is 17.5 Å². The highest BCUT2D eigenvalue weighted by Crippen LogP contribution is 2.32. The lowest BCUT2D eigenvalue weighted by Crippen LogP contribution is -2.41. The smallest absolute Gasteiger partial charge is 0.325 e. The number of rotatable bonds is 6. The van der Waals surface area contributed by atoms with Gasteiger partial charge in [-0.05, 0) is 67.1 Å². The molecule has 7 heteroatoms. The van der Waals surface area contributed by atoms with E-state index in [1.807, 2.05) is 18.2 Å². The Labute approximate surface area is 180 Å². The molecule has 1 fully saturated rings. The molecule has 31 heavy (non-hydrogen) atoms. The SMILES string of the molecule is CCC(=O)Nc1ccc(C(=O)CN2C(=O)NC(C)(c3ccc4c(c3)CCC4)C2=O)cc1. The summed E-state index contributed by atoms with van der Waals surface area (Å²) in [5, 5.41) is 5.48. The Morgan fingerprint density at radius 2 is 1.77 bits per heavy atom. The first-order chi connectivity index (χ1) is 14.8. The molecule has 7 nitrogen and oxygen atoms in total. The van der Waals surface area contributed by atoms with Crippen molar-refractivity contribution in [3.8, 4) is 0 Å². The third-order valence-corrected chi connectivity index (χ3v) is 6.06. The van der Waals surface area contributed by atoms with Crippen LogP contribution in [0.5, 0.6) is 0 Å². The minimum Gasteiger partial charge on any atom is -0.326 e. The number of anilines is 1. The number of hydrogen-bond acceptors (Lipinski definition) is 4. The normalized spacial score (nSPS) is 19.9. The molecule has 0 spiro atoms. The van der Waals surface area contributed by atoms with Gasteiger partial charge in [-0.15, -0.1) is 0 Å². The predicted octanol–water partition coefficient (Wildman–Crippen LogP) is 3.17. The average molecular weight is 419 g/mol. The highest BCUT2D eigenvalue weighted by Gasteiger charge is 2.49. The standard InChI is InChI=1S/C24H25N3O4/c1-3-21(29)25-19-11-8-16(9-12-19)20(28)14-27-22(30)24(2,26-23(27)31)18-10-7-15-5-4-6-17(15)13-18/h7-13H,3-6,14H2,1-2H3,(H,25,29)(H,26,31). The van der Waals surface area contributed by atoms with Gasteiger partial charge in [-0.3, -0.25) is 19.3 Å². The van der Waals surface area contributed by atoms with E-state index in [0.717, 1.165) is 29.7 Å². The highest BCUT2D eigenvalue weighted by atomic mass is 16.2. The van der Waals surface area contributed by atoms with Gasteiger partial charge in [0.1, 0.15) is 5.54 Å². The lowest BCUT2D eigenvalue weighted by Gasteiger charge is -2.23. The minimum absolute atomic E-state index is 0.121. The summed E-state index contributed by atoms with van der Waals surface area (Å²) in [6, 6.07) is 11.7. The van der Waals surface area contributed by atoms with Crippen molar-refractivity contribution in [3.05, 3.63) is 64.7 Å². The lowest BCUT2D eigenvalue weighted by atomic mass is 9.89. The van der Waals surface area contributed by atoms with Crippen LogP contribution in [-0.2, 0) is 28.0 Å². The molecule has 0 bridgehead atoms. The summed E-state index contributed by atoms with van der Waals surface area (Å²) in [4.78, 5) is 50.9. The summed E-state index contributed by atoms with van der Waals surface area (Å²) in [5.74, 6) is -0.907. The number of ketones is 1. The van der Waals surface area contributed by atoms with Gasteiger partial charge in [0.2, 0.25) is 5.91 Å². The highest BCUT2D eigenvalue weighted by molar-refractivity contribution is 6.11. The van der Waals surface area contributed by atoms with Crippen LogP contribution >= 0.6 is 0 Å². The molecule has 0 aromatic heterocycles. The third kappa shape index (κ3) is 3.83. The van der Waals surface area contributed by atoms with E-state index in [1.165, 1.54) is 11.1 Å². The summed E-state index contributed by atoms with van der Waals surface area (Å²) in [7, 11) is 0. The first-order valence-corrected chi connectivity index (χ1v) is 10.5. The Balaban J connectivity index is 1.49. The van der Waals surface area contributed by atoms with E-state index in [-0.39, 0.29) is 18.2 Å². The largest absolute Gasteiger partial charge is 0.326 e. The maximum Gasteiger partial charge on any atom is 0.325 e. The molecule has 1 atom stereocenters. The Kier molecular flexibility index (Phi) is 5.35. The maximum atomic E-state index is 13.2. The summed E-state index contributed by atoms with van der Waals surface area (Å²) >= 11 is 0. The Bertz CT molecular complexity index is 1080. The van der Waals surface area contributed by atoms with Crippen LogP contribution in [0.2, 0.25) is 0 Å². The first-order valence-electron chi connectivity index (χ1n) is 10.5. The molecule has 2 aliphatic rings. The number of nitrogens with zero attached hydrogens (tertiary/aromatic N) is 1. The van der Waals surface area contributed by atoms with Crippen LogP contribution in [0.15, 0.2) is 42.5 Å². The molecule has 1 unspecified atom stereocenters. The molecule has 0 radical (unpaired) electrons. The van der Waals surface area contributed by atoms with Crippen molar-refractivity contribution in [2.45, 2.75) is 45.1 Å². The second-order valence-corrected chi connectivity index (χ2v) is 8.19. The summed E-state index contributed by atoms with van der Waals surface area (Å²) in [6.45, 7) is 3.09. The van der Waals surface area contributed by atoms with Gasteiger partial charge in [-0.2, -0.15) is 0 Å². The first kappa shape index (κ1) is 20.8. The van der Waals surface area contributed by atoms with Gasteiger partial charge in [0.15, 0.2) is 5.78 Å². The van der Waals surface area contributed by atoms with E-state index in [1.54, 1.807) is 38.1 Å². The number of benzene rings is 2. The predicted molar refractivity (Wildman–Crippen MR) is 116 cm³/mol. The monoisotopic (exact) mass is 419 g/mol. The zero-order valence-electron chi connectivity index (χ0n) is 17.7. The lowest BCUT2D eigenvalue weighted by molar-refractivity contribution is -0.130. The third-order valence-electron chi connectivity index (χ3n) is 6.06. The number of amides is 4. The van der Waals surface area contributed by atoms with E-state index in [9.17, 15) is 19.2 Å². The van der Waals surface area contributed by atoms with Gasteiger partial charge in [0, 0.05) is 17.7 Å². The number of carbonyl (C=O) groups excluding carboxylic acids is 4. The van der Waals surface area contributed by atoms with Crippen molar-refractivity contribution in [1.82, 2.24) is 10.2 Å². The Hall–Kier alpha value is -3.48. The number of Topliss-reactive ketones (excluding diaryl/α,β-unsaturated/α-hetero) is 1. The molecule has 1 saturated heterocycles. The van der Waals surface area contributed by atoms with Crippen molar-refractivity contribution < 1.29 is 19.2 Å². The summed E-state index contributed by atoms with van der Waals surface area (Å²) in [5.41, 5.74) is 2.99. The molecule has 1 aliphatic carbocycles. The zero-order valence-corrected chi connectivity index (χ0v) is 17.7. The van der Waals surface area contributed by atoms with Crippen molar-refractivity contribution in [2.24, 2.45) is 0 Å². The van der Waals surface area contributed by atoms with Crippen molar-refractivity contribution >= 4 is 29.3 Å². The minimum atomic E-state index is -1.19. The maximum absolute atomic E-state index is 13.2. The second-order valence-electron chi connectivity index (χ2n) is 8.19. The molecule has 4 amide bonds. The van der Waals surface area contributed by atoms with Crippen molar-refractivity contribution in [2.75, 3.05) is 11.9 Å². The number of hydrogen-bond donors (Lipinski definition) is 2. The van der Waals surface area contributed by atoms with Gasteiger partial charge >= 0.3 is 6.03 Å². The Morgan fingerprint density at radius 1 is 1.06 bits per heavy atom. The number of nitrogens with one attached hydrogen (secondary N) is 2. The molecule has 1 heterocycles. The van der Waals surface area contributed by atoms with Gasteiger partial charge in [-0.25, -0.2) is 4.79 Å². The topological polar surface area (TPSA) is 95.6 Å². The van der Waals surface area contributed by atoms with Gasteiger partial charge < -0.3 is 10.6 Å². The van der Waals surface area contributed by atoms with Crippen LogP contribution < -0.4 is 10.6 Å². The molecule has 2 aromatic rings. The Morgan fingerprint density at radius 3 is 2.48 bits per heavy atom. The molecule has 0 saturated carbocycles. The number of aryl methyl sites for hydroxylation is 2. The fraction of sp³-hybridized carbons (Fsp3) is 0.333. The van der Waals surface area contributed by atoms with Crippen LogP contribution in [-0.4, -0.2) is 35.1 Å².